The molecule has 0 saturated heterocycles. The third-order valence-corrected chi connectivity index (χ3v) is 8.23. The Morgan fingerprint density at radius 2 is 1.00 bits per heavy atom. The molecule has 0 N–H and O–H groups in total. The number of hydrogen-bond donors (Lipinski definition) is 0. The topological polar surface area (TPSA) is 26.3 Å². The summed E-state index contributed by atoms with van der Waals surface area (Å²) < 4.78 is 5.10. The first-order chi connectivity index (χ1) is 13.8. The molecule has 0 radical (unpaired) electrons. The summed E-state index contributed by atoms with van der Waals surface area (Å²) in [5.74, 6) is -0.253. The zero-order chi connectivity index (χ0) is 21.8. The molecule has 0 rings (SSSR count). The van der Waals surface area contributed by atoms with Gasteiger partial charge >= 0.3 is 5.97 Å². The van der Waals surface area contributed by atoms with E-state index in [0.29, 0.717) is 12.2 Å². The molecule has 0 unspecified atom stereocenters. The molecule has 0 atom stereocenters. The van der Waals surface area contributed by atoms with Crippen molar-refractivity contribution in [2.45, 2.75) is 135 Å². The number of hydrogen-bond acceptors (Lipinski definition) is 2. The van der Waals surface area contributed by atoms with Crippen LogP contribution in [0, 0.1) is 0 Å². The molecule has 0 fully saturated rings. The molecule has 4 heteroatoms. The minimum atomic E-state index is -0.981. The Morgan fingerprint density at radius 3 is 1.31 bits per heavy atom. The summed E-state index contributed by atoms with van der Waals surface area (Å²) in [6.45, 7) is 9.65. The van der Waals surface area contributed by atoms with Gasteiger partial charge in [-0.1, -0.05) is 122 Å². The number of halogens is 1. The molecular weight excluding hydrogens is 440 g/mol. The monoisotopic (exact) mass is 488 g/mol. The van der Waals surface area contributed by atoms with Gasteiger partial charge < -0.3 is 4.74 Å². The summed E-state index contributed by atoms with van der Waals surface area (Å²) >= 11 is 3.86. The van der Waals surface area contributed by atoms with Crippen LogP contribution in [0.25, 0.3) is 0 Å². The molecule has 0 aromatic carbocycles. The molecule has 0 heterocycles. The summed E-state index contributed by atoms with van der Waals surface area (Å²) in [6, 6.07) is 1.43. The summed E-state index contributed by atoms with van der Waals surface area (Å²) in [5, 5.41) is 0. The Labute approximate surface area is 191 Å². The van der Waals surface area contributed by atoms with Crippen LogP contribution < -0.4 is 0 Å². The van der Waals surface area contributed by atoms with E-state index in [2.05, 4.69) is 35.0 Å². The van der Waals surface area contributed by atoms with Gasteiger partial charge in [-0.15, -0.1) is 15.3 Å². The Kier molecular flexibility index (Phi) is 19.8. The van der Waals surface area contributed by atoms with Crippen LogP contribution in [0.4, 0.5) is 0 Å². The Balaban J connectivity index is 3.10. The molecule has 0 amide bonds. The van der Waals surface area contributed by atoms with Gasteiger partial charge in [0.1, 0.15) is 6.69 Å². The maximum Gasteiger partial charge on any atom is 0.333 e. The lowest BCUT2D eigenvalue weighted by atomic mass is 10.0. The van der Waals surface area contributed by atoms with E-state index < -0.39 is 6.69 Å². The largest absolute Gasteiger partial charge is 0.462 e. The molecule has 2 nitrogen and oxygen atoms in total. The van der Waals surface area contributed by atoms with Crippen molar-refractivity contribution in [3.05, 3.63) is 12.2 Å². The van der Waals surface area contributed by atoms with Gasteiger partial charge in [-0.05, 0) is 19.4 Å². The minimum absolute atomic E-state index is 0.253. The van der Waals surface area contributed by atoms with Crippen LogP contribution in [0.15, 0.2) is 12.2 Å². The molecule has 0 spiro atoms. The standard InChI is InChI=1S/C25H49BrO2Si/c1-24(2)25(27)28-22-20-18-16-14-12-10-8-6-5-7-9-11-13-15-17-19-21-23-29(3,4)26/h1,5-23H2,2-4H3. The van der Waals surface area contributed by atoms with Crippen LogP contribution in [0.2, 0.25) is 19.1 Å². The molecule has 0 bridgehead atoms. The molecular formula is C25H49BrO2Si. The lowest BCUT2D eigenvalue weighted by Gasteiger charge is -2.12. The molecule has 0 saturated carbocycles. The van der Waals surface area contributed by atoms with Crippen molar-refractivity contribution in [3.63, 3.8) is 0 Å². The fourth-order valence-corrected chi connectivity index (χ4v) is 5.52. The lowest BCUT2D eigenvalue weighted by Crippen LogP contribution is -2.13. The third-order valence-electron chi connectivity index (χ3n) is 5.50. The highest BCUT2D eigenvalue weighted by atomic mass is 79.9. The third kappa shape index (κ3) is 24.1. The Bertz CT molecular complexity index is 404. The number of ether oxygens (including phenoxy) is 1. The van der Waals surface area contributed by atoms with Crippen LogP contribution in [0.3, 0.4) is 0 Å². The van der Waals surface area contributed by atoms with Crippen LogP contribution in [-0.2, 0) is 9.53 Å². The van der Waals surface area contributed by atoms with Crippen molar-refractivity contribution in [3.8, 4) is 0 Å². The number of carbonyl (C=O) groups excluding carboxylic acids is 1. The first-order valence-electron chi connectivity index (χ1n) is 12.3. The van der Waals surface area contributed by atoms with Gasteiger partial charge in [-0.3, -0.25) is 0 Å². The predicted octanol–water partition coefficient (Wildman–Crippen LogP) is 9.34. The van der Waals surface area contributed by atoms with Gasteiger partial charge in [0.15, 0.2) is 0 Å². The summed E-state index contributed by atoms with van der Waals surface area (Å²) in [5.41, 5.74) is 0.492. The van der Waals surface area contributed by atoms with E-state index in [0.717, 1.165) is 6.42 Å². The quantitative estimate of drug-likeness (QED) is 0.0528. The van der Waals surface area contributed by atoms with E-state index in [4.69, 9.17) is 4.74 Å². The van der Waals surface area contributed by atoms with Crippen LogP contribution in [0.5, 0.6) is 0 Å². The first kappa shape index (κ1) is 28.9. The van der Waals surface area contributed by atoms with Gasteiger partial charge in [-0.2, -0.15) is 0 Å². The second kappa shape index (κ2) is 19.8. The molecule has 0 aliphatic carbocycles. The van der Waals surface area contributed by atoms with Crippen molar-refractivity contribution in [1.29, 1.82) is 0 Å². The molecule has 0 aliphatic rings. The average Bonchev–Trinajstić information content (AvgIpc) is 2.65. The van der Waals surface area contributed by atoms with Gasteiger partial charge in [0.2, 0.25) is 0 Å². The predicted molar refractivity (Wildman–Crippen MR) is 135 cm³/mol. The van der Waals surface area contributed by atoms with Crippen LogP contribution in [0.1, 0.15) is 116 Å². The molecule has 0 aromatic rings. The zero-order valence-corrected chi connectivity index (χ0v) is 22.4. The fourth-order valence-electron chi connectivity index (χ4n) is 3.59. The average molecular weight is 490 g/mol. The minimum Gasteiger partial charge on any atom is -0.462 e. The summed E-state index contributed by atoms with van der Waals surface area (Å²) in [6.07, 6.45) is 23.3. The highest BCUT2D eigenvalue weighted by molar-refractivity contribution is 9.26. The van der Waals surface area contributed by atoms with E-state index >= 15 is 0 Å². The molecule has 172 valence electrons. The normalized spacial score (nSPS) is 11.6. The number of carbonyl (C=O) groups is 1. The van der Waals surface area contributed by atoms with Crippen molar-refractivity contribution in [1.82, 2.24) is 0 Å². The highest BCUT2D eigenvalue weighted by Gasteiger charge is 2.14. The van der Waals surface area contributed by atoms with E-state index in [1.165, 1.54) is 109 Å². The number of esters is 1. The lowest BCUT2D eigenvalue weighted by molar-refractivity contribution is -0.139. The second-order valence-electron chi connectivity index (χ2n) is 9.40. The van der Waals surface area contributed by atoms with E-state index in [1.54, 1.807) is 6.92 Å². The maximum absolute atomic E-state index is 11.2. The summed E-state index contributed by atoms with van der Waals surface area (Å²) in [7, 11) is 0. The van der Waals surface area contributed by atoms with Gasteiger partial charge in [-0.25, -0.2) is 4.79 Å². The second-order valence-corrected chi connectivity index (χ2v) is 19.8. The Hall–Kier alpha value is -0.0931. The zero-order valence-electron chi connectivity index (χ0n) is 19.8. The van der Waals surface area contributed by atoms with Crippen molar-refractivity contribution in [2.24, 2.45) is 0 Å². The maximum atomic E-state index is 11.2. The highest BCUT2D eigenvalue weighted by Crippen LogP contribution is 2.21. The number of rotatable bonds is 21. The Morgan fingerprint density at radius 1 is 0.690 bits per heavy atom. The van der Waals surface area contributed by atoms with Gasteiger partial charge in [0.25, 0.3) is 0 Å². The number of unbranched alkanes of at least 4 members (excludes halogenated alkanes) is 16. The van der Waals surface area contributed by atoms with E-state index in [9.17, 15) is 4.79 Å². The SMILES string of the molecule is C=C(C)C(=O)OCCCCCCCCCCCCCCCCCCC[Si](C)(C)Br. The van der Waals surface area contributed by atoms with Crippen molar-refractivity contribution < 1.29 is 9.53 Å². The molecule has 0 aliphatic heterocycles. The van der Waals surface area contributed by atoms with Crippen LogP contribution >= 0.6 is 15.3 Å². The molecule has 29 heavy (non-hydrogen) atoms. The van der Waals surface area contributed by atoms with E-state index in [1.807, 2.05) is 0 Å². The van der Waals surface area contributed by atoms with Crippen LogP contribution in [-0.4, -0.2) is 19.3 Å². The van der Waals surface area contributed by atoms with Crippen molar-refractivity contribution in [2.75, 3.05) is 6.61 Å². The first-order valence-corrected chi connectivity index (χ1v) is 17.8. The molecule has 0 aromatic heterocycles. The van der Waals surface area contributed by atoms with Gasteiger partial charge in [0.05, 0.1) is 6.61 Å². The summed E-state index contributed by atoms with van der Waals surface area (Å²) in [4.78, 5) is 11.2. The van der Waals surface area contributed by atoms with Gasteiger partial charge in [0, 0.05) is 5.57 Å². The smallest absolute Gasteiger partial charge is 0.333 e. The van der Waals surface area contributed by atoms with E-state index in [-0.39, 0.29) is 5.97 Å². The van der Waals surface area contributed by atoms with Crippen molar-refractivity contribution >= 4 is 28.0 Å². The fraction of sp³-hybridized carbons (Fsp3) is 0.880.